The van der Waals surface area contributed by atoms with Crippen LogP contribution in [0.15, 0.2) is 16.6 Å². The molecule has 0 spiro atoms. The van der Waals surface area contributed by atoms with Crippen molar-refractivity contribution in [1.29, 1.82) is 0 Å². The van der Waals surface area contributed by atoms with E-state index in [1.54, 1.807) is 0 Å². The molecule has 0 amide bonds. The lowest BCUT2D eigenvalue weighted by Gasteiger charge is -2.24. The van der Waals surface area contributed by atoms with E-state index in [9.17, 15) is 0 Å². The van der Waals surface area contributed by atoms with E-state index in [0.29, 0.717) is 0 Å². The number of benzene rings is 1. The van der Waals surface area contributed by atoms with E-state index in [4.69, 9.17) is 10.5 Å². The quantitative estimate of drug-likeness (QED) is 0.758. The smallest absolute Gasteiger partial charge is 0.128 e. The highest BCUT2D eigenvalue weighted by atomic mass is 79.9. The minimum atomic E-state index is 0.135. The van der Waals surface area contributed by atoms with E-state index >= 15 is 0 Å². The monoisotopic (exact) mass is 241 g/mol. The van der Waals surface area contributed by atoms with Gasteiger partial charge in [0.2, 0.25) is 0 Å². The Morgan fingerprint density at radius 2 is 2.31 bits per heavy atom. The van der Waals surface area contributed by atoms with Crippen molar-refractivity contribution in [3.05, 3.63) is 27.7 Å². The van der Waals surface area contributed by atoms with Crippen LogP contribution >= 0.6 is 15.9 Å². The van der Waals surface area contributed by atoms with E-state index < -0.39 is 0 Å². The zero-order valence-corrected chi connectivity index (χ0v) is 9.10. The van der Waals surface area contributed by atoms with Gasteiger partial charge < -0.3 is 10.5 Å². The van der Waals surface area contributed by atoms with Gasteiger partial charge in [-0.3, -0.25) is 0 Å². The van der Waals surface area contributed by atoms with Gasteiger partial charge in [0.1, 0.15) is 5.75 Å². The highest BCUT2D eigenvalue weighted by molar-refractivity contribution is 9.10. The first-order chi connectivity index (χ1) is 6.20. The van der Waals surface area contributed by atoms with Crippen LogP contribution in [-0.4, -0.2) is 6.61 Å². The summed E-state index contributed by atoms with van der Waals surface area (Å²) in [6.07, 6.45) is 0.911. The Balaban J connectivity index is 2.56. The molecule has 0 aromatic heterocycles. The van der Waals surface area contributed by atoms with Crippen LogP contribution in [0.1, 0.15) is 23.6 Å². The van der Waals surface area contributed by atoms with Crippen molar-refractivity contribution >= 4 is 15.9 Å². The van der Waals surface area contributed by atoms with E-state index in [0.717, 1.165) is 34.4 Å². The summed E-state index contributed by atoms with van der Waals surface area (Å²) in [5.41, 5.74) is 8.25. The second kappa shape index (κ2) is 3.31. The highest BCUT2D eigenvalue weighted by Gasteiger charge is 2.20. The third-order valence-electron chi connectivity index (χ3n) is 2.44. The van der Waals surface area contributed by atoms with Gasteiger partial charge in [-0.2, -0.15) is 0 Å². The SMILES string of the molecule is Cc1c(Br)ccc2c1OCC[C@H]2N. The first-order valence-electron chi connectivity index (χ1n) is 4.37. The summed E-state index contributed by atoms with van der Waals surface area (Å²) in [6.45, 7) is 2.77. The average Bonchev–Trinajstić information content (AvgIpc) is 2.12. The van der Waals surface area contributed by atoms with E-state index in [-0.39, 0.29) is 6.04 Å². The van der Waals surface area contributed by atoms with Crippen LogP contribution in [0.2, 0.25) is 0 Å². The molecule has 2 nitrogen and oxygen atoms in total. The average molecular weight is 242 g/mol. The van der Waals surface area contributed by atoms with Gasteiger partial charge in [-0.15, -0.1) is 0 Å². The fourth-order valence-corrected chi connectivity index (χ4v) is 1.93. The third-order valence-corrected chi connectivity index (χ3v) is 3.30. The molecule has 0 bridgehead atoms. The lowest BCUT2D eigenvalue weighted by Crippen LogP contribution is -2.21. The van der Waals surface area contributed by atoms with Crippen molar-refractivity contribution < 1.29 is 4.74 Å². The van der Waals surface area contributed by atoms with Crippen LogP contribution in [0.4, 0.5) is 0 Å². The van der Waals surface area contributed by atoms with E-state index in [1.807, 2.05) is 19.1 Å². The zero-order valence-electron chi connectivity index (χ0n) is 7.51. The predicted molar refractivity (Wildman–Crippen MR) is 55.9 cm³/mol. The number of ether oxygens (including phenoxy) is 1. The molecular formula is C10H12BrNO. The molecule has 0 unspecified atom stereocenters. The normalized spacial score (nSPS) is 20.7. The second-order valence-corrected chi connectivity index (χ2v) is 4.19. The number of hydrogen-bond donors (Lipinski definition) is 1. The topological polar surface area (TPSA) is 35.2 Å². The molecule has 0 aliphatic carbocycles. The number of rotatable bonds is 0. The molecule has 0 radical (unpaired) electrons. The molecule has 70 valence electrons. The molecule has 1 aromatic rings. The lowest BCUT2D eigenvalue weighted by atomic mass is 9.99. The highest BCUT2D eigenvalue weighted by Crippen LogP contribution is 2.36. The van der Waals surface area contributed by atoms with Gasteiger partial charge >= 0.3 is 0 Å². The van der Waals surface area contributed by atoms with Crippen LogP contribution in [0.5, 0.6) is 5.75 Å². The molecule has 1 aromatic carbocycles. The largest absolute Gasteiger partial charge is 0.493 e. The number of halogens is 1. The van der Waals surface area contributed by atoms with Gasteiger partial charge in [0.15, 0.2) is 0 Å². The maximum absolute atomic E-state index is 5.97. The maximum atomic E-state index is 5.97. The van der Waals surface area contributed by atoms with Gasteiger partial charge in [0.25, 0.3) is 0 Å². The molecule has 13 heavy (non-hydrogen) atoms. The molecule has 2 rings (SSSR count). The van der Waals surface area contributed by atoms with Crippen molar-refractivity contribution in [2.45, 2.75) is 19.4 Å². The van der Waals surface area contributed by atoms with E-state index in [1.165, 1.54) is 0 Å². The van der Waals surface area contributed by atoms with Crippen LogP contribution < -0.4 is 10.5 Å². The summed E-state index contributed by atoms with van der Waals surface area (Å²) in [5, 5.41) is 0. The zero-order chi connectivity index (χ0) is 9.42. The Labute approximate surface area is 86.2 Å². The van der Waals surface area contributed by atoms with Crippen LogP contribution in [-0.2, 0) is 0 Å². The third kappa shape index (κ3) is 1.46. The first kappa shape index (κ1) is 9.03. The Morgan fingerprint density at radius 1 is 1.54 bits per heavy atom. The number of hydrogen-bond acceptors (Lipinski definition) is 2. The Kier molecular flexibility index (Phi) is 2.30. The molecule has 1 aliphatic heterocycles. The summed E-state index contributed by atoms with van der Waals surface area (Å²) in [4.78, 5) is 0. The number of nitrogens with two attached hydrogens (primary N) is 1. The standard InChI is InChI=1S/C10H12BrNO/c1-6-8(11)3-2-7-9(12)4-5-13-10(6)7/h2-3,9H,4-5,12H2,1H3/t9-/m1/s1. The van der Waals surface area contributed by atoms with Gasteiger partial charge in [-0.05, 0) is 13.0 Å². The van der Waals surface area contributed by atoms with Gasteiger partial charge in [0.05, 0.1) is 6.61 Å². The van der Waals surface area contributed by atoms with Gasteiger partial charge in [0, 0.05) is 28.1 Å². The summed E-state index contributed by atoms with van der Waals surface area (Å²) in [5.74, 6) is 0.966. The van der Waals surface area contributed by atoms with Gasteiger partial charge in [-0.25, -0.2) is 0 Å². The van der Waals surface area contributed by atoms with Crippen molar-refractivity contribution in [2.75, 3.05) is 6.61 Å². The minimum absolute atomic E-state index is 0.135. The molecule has 0 saturated carbocycles. The van der Waals surface area contributed by atoms with Crippen LogP contribution in [0.25, 0.3) is 0 Å². The molecule has 1 heterocycles. The summed E-state index contributed by atoms with van der Waals surface area (Å²) < 4.78 is 6.68. The molecule has 0 fully saturated rings. The van der Waals surface area contributed by atoms with E-state index in [2.05, 4.69) is 15.9 Å². The lowest BCUT2D eigenvalue weighted by molar-refractivity contribution is 0.267. The molecule has 3 heteroatoms. The Bertz CT molecular complexity index is 338. The molecule has 2 N–H and O–H groups in total. The van der Waals surface area contributed by atoms with Gasteiger partial charge in [-0.1, -0.05) is 22.0 Å². The molecule has 1 atom stereocenters. The fourth-order valence-electron chi connectivity index (χ4n) is 1.62. The summed E-state index contributed by atoms with van der Waals surface area (Å²) >= 11 is 3.47. The molecule has 1 aliphatic rings. The predicted octanol–water partition coefficient (Wildman–Crippen LogP) is 2.54. The second-order valence-electron chi connectivity index (χ2n) is 3.33. The molecule has 0 saturated heterocycles. The molecular weight excluding hydrogens is 230 g/mol. The van der Waals surface area contributed by atoms with Crippen molar-refractivity contribution in [2.24, 2.45) is 5.73 Å². The van der Waals surface area contributed by atoms with Crippen LogP contribution in [0.3, 0.4) is 0 Å². The van der Waals surface area contributed by atoms with Crippen molar-refractivity contribution in [3.8, 4) is 5.75 Å². The first-order valence-corrected chi connectivity index (χ1v) is 5.17. The fraction of sp³-hybridized carbons (Fsp3) is 0.400. The summed E-state index contributed by atoms with van der Waals surface area (Å²) in [6, 6.07) is 4.20. The maximum Gasteiger partial charge on any atom is 0.128 e. The summed E-state index contributed by atoms with van der Waals surface area (Å²) in [7, 11) is 0. The minimum Gasteiger partial charge on any atom is -0.493 e. The number of fused-ring (bicyclic) bond motifs is 1. The van der Waals surface area contributed by atoms with Crippen molar-refractivity contribution in [1.82, 2.24) is 0 Å². The van der Waals surface area contributed by atoms with Crippen molar-refractivity contribution in [3.63, 3.8) is 0 Å². The van der Waals surface area contributed by atoms with Crippen LogP contribution in [0, 0.1) is 6.92 Å². The Hall–Kier alpha value is -0.540. The Morgan fingerprint density at radius 3 is 3.08 bits per heavy atom.